The molecular weight excluding hydrogens is 214 g/mol. The Bertz CT molecular complexity index is 193. The molecule has 0 saturated carbocycles. The van der Waals surface area contributed by atoms with Crippen molar-refractivity contribution in [3.05, 3.63) is 0 Å². The summed E-state index contributed by atoms with van der Waals surface area (Å²) in [6, 6.07) is 0. The molecule has 0 saturated heterocycles. The van der Waals surface area contributed by atoms with Crippen LogP contribution in [0.4, 0.5) is 0 Å². The van der Waals surface area contributed by atoms with Gasteiger partial charge in [-0.05, 0) is 53.2 Å². The van der Waals surface area contributed by atoms with Crippen LogP contribution in [0.15, 0.2) is 0 Å². The Hall–Kier alpha value is -0.570. The fourth-order valence-corrected chi connectivity index (χ4v) is 1.72. The molecule has 0 aromatic rings. The third-order valence-corrected chi connectivity index (χ3v) is 2.78. The van der Waals surface area contributed by atoms with Crippen molar-refractivity contribution in [2.24, 2.45) is 0 Å². The SMILES string of the molecule is CCCCCC(=O)OC(C)CCCCN(C)C. The maximum Gasteiger partial charge on any atom is 0.306 e. The van der Waals surface area contributed by atoms with Gasteiger partial charge in [0.1, 0.15) is 0 Å². The predicted molar refractivity (Wildman–Crippen MR) is 72.1 cm³/mol. The van der Waals surface area contributed by atoms with Gasteiger partial charge in [0, 0.05) is 6.42 Å². The molecule has 0 heterocycles. The Morgan fingerprint density at radius 1 is 1.18 bits per heavy atom. The average Bonchev–Trinajstić information content (AvgIpc) is 2.24. The van der Waals surface area contributed by atoms with Crippen LogP contribution in [0.1, 0.15) is 58.8 Å². The molecule has 0 aliphatic carbocycles. The van der Waals surface area contributed by atoms with Gasteiger partial charge in [-0.3, -0.25) is 4.79 Å². The van der Waals surface area contributed by atoms with Gasteiger partial charge in [0.2, 0.25) is 0 Å². The molecule has 3 nitrogen and oxygen atoms in total. The van der Waals surface area contributed by atoms with Gasteiger partial charge in [0.15, 0.2) is 0 Å². The number of hydrogen-bond donors (Lipinski definition) is 0. The van der Waals surface area contributed by atoms with Crippen molar-refractivity contribution in [1.82, 2.24) is 4.90 Å². The van der Waals surface area contributed by atoms with Crippen molar-refractivity contribution in [3.63, 3.8) is 0 Å². The van der Waals surface area contributed by atoms with E-state index in [1.54, 1.807) is 0 Å². The minimum absolute atomic E-state index is 0.0291. The monoisotopic (exact) mass is 243 g/mol. The second-order valence-electron chi connectivity index (χ2n) is 5.06. The lowest BCUT2D eigenvalue weighted by Gasteiger charge is -2.14. The summed E-state index contributed by atoms with van der Waals surface area (Å²) in [5.74, 6) is -0.0291. The van der Waals surface area contributed by atoms with Crippen molar-refractivity contribution < 1.29 is 9.53 Å². The molecule has 0 aromatic carbocycles. The van der Waals surface area contributed by atoms with E-state index in [-0.39, 0.29) is 12.1 Å². The predicted octanol–water partition coefficient (Wildman–Crippen LogP) is 3.23. The van der Waals surface area contributed by atoms with E-state index in [9.17, 15) is 4.79 Å². The summed E-state index contributed by atoms with van der Waals surface area (Å²) >= 11 is 0. The lowest BCUT2D eigenvalue weighted by atomic mass is 10.1. The lowest BCUT2D eigenvalue weighted by molar-refractivity contribution is -0.148. The minimum Gasteiger partial charge on any atom is -0.463 e. The number of unbranched alkanes of at least 4 members (excludes halogenated alkanes) is 3. The molecule has 0 bridgehead atoms. The lowest BCUT2D eigenvalue weighted by Crippen LogP contribution is -2.16. The van der Waals surface area contributed by atoms with Crippen molar-refractivity contribution >= 4 is 5.97 Å². The number of hydrogen-bond acceptors (Lipinski definition) is 3. The van der Waals surface area contributed by atoms with Crippen LogP contribution in [0.2, 0.25) is 0 Å². The molecule has 1 unspecified atom stereocenters. The van der Waals surface area contributed by atoms with Crippen molar-refractivity contribution in [1.29, 1.82) is 0 Å². The first-order valence-electron chi connectivity index (χ1n) is 6.90. The molecule has 1 atom stereocenters. The van der Waals surface area contributed by atoms with Gasteiger partial charge in [0.05, 0.1) is 6.10 Å². The first-order valence-corrected chi connectivity index (χ1v) is 6.90. The van der Waals surface area contributed by atoms with E-state index in [2.05, 4.69) is 25.9 Å². The maximum absolute atomic E-state index is 11.4. The molecule has 0 rings (SSSR count). The minimum atomic E-state index is -0.0291. The summed E-state index contributed by atoms with van der Waals surface area (Å²) in [5.41, 5.74) is 0. The molecule has 0 spiro atoms. The van der Waals surface area contributed by atoms with Crippen LogP contribution in [0.3, 0.4) is 0 Å². The molecule has 0 aliphatic rings. The standard InChI is InChI=1S/C14H29NO2/c1-5-6-7-11-14(16)17-13(2)10-8-9-12-15(3)4/h13H,5-12H2,1-4H3. The largest absolute Gasteiger partial charge is 0.463 e. The Labute approximate surface area is 107 Å². The maximum atomic E-state index is 11.4. The van der Waals surface area contributed by atoms with Gasteiger partial charge in [-0.1, -0.05) is 19.8 Å². The topological polar surface area (TPSA) is 29.5 Å². The normalized spacial score (nSPS) is 12.8. The highest BCUT2D eigenvalue weighted by atomic mass is 16.5. The summed E-state index contributed by atoms with van der Waals surface area (Å²) in [5, 5.41) is 0. The number of rotatable bonds is 10. The van der Waals surface area contributed by atoms with Crippen LogP contribution in [-0.2, 0) is 9.53 Å². The fraction of sp³-hybridized carbons (Fsp3) is 0.929. The Morgan fingerprint density at radius 3 is 2.47 bits per heavy atom. The second-order valence-corrected chi connectivity index (χ2v) is 5.06. The zero-order chi connectivity index (χ0) is 13.1. The number of carbonyl (C=O) groups excluding carboxylic acids is 1. The first-order chi connectivity index (χ1) is 8.06. The van der Waals surface area contributed by atoms with E-state index in [4.69, 9.17) is 4.74 Å². The molecule has 0 radical (unpaired) electrons. The second kappa shape index (κ2) is 10.6. The summed E-state index contributed by atoms with van der Waals surface area (Å²) < 4.78 is 5.35. The number of carbonyl (C=O) groups is 1. The van der Waals surface area contributed by atoms with E-state index in [1.165, 1.54) is 6.42 Å². The smallest absolute Gasteiger partial charge is 0.306 e. The third-order valence-electron chi connectivity index (χ3n) is 2.78. The van der Waals surface area contributed by atoms with Crippen molar-refractivity contribution in [3.8, 4) is 0 Å². The van der Waals surface area contributed by atoms with Crippen LogP contribution in [-0.4, -0.2) is 37.6 Å². The Morgan fingerprint density at radius 2 is 1.88 bits per heavy atom. The summed E-state index contributed by atoms with van der Waals surface area (Å²) in [6.45, 7) is 5.24. The van der Waals surface area contributed by atoms with E-state index in [0.29, 0.717) is 6.42 Å². The first kappa shape index (κ1) is 16.4. The van der Waals surface area contributed by atoms with Crippen LogP contribution in [0.25, 0.3) is 0 Å². The van der Waals surface area contributed by atoms with Crippen LogP contribution < -0.4 is 0 Å². The molecule has 0 amide bonds. The number of ether oxygens (including phenoxy) is 1. The van der Waals surface area contributed by atoms with Gasteiger partial charge >= 0.3 is 5.97 Å². The zero-order valence-electron chi connectivity index (χ0n) is 12.0. The Kier molecular flexibility index (Phi) is 10.2. The van der Waals surface area contributed by atoms with Gasteiger partial charge in [-0.25, -0.2) is 0 Å². The van der Waals surface area contributed by atoms with E-state index in [0.717, 1.165) is 38.6 Å². The number of esters is 1. The molecule has 0 aromatic heterocycles. The van der Waals surface area contributed by atoms with Gasteiger partial charge in [-0.2, -0.15) is 0 Å². The van der Waals surface area contributed by atoms with Crippen LogP contribution >= 0.6 is 0 Å². The molecule has 102 valence electrons. The molecule has 0 fully saturated rings. The molecule has 17 heavy (non-hydrogen) atoms. The van der Waals surface area contributed by atoms with Crippen molar-refractivity contribution in [2.45, 2.75) is 64.9 Å². The summed E-state index contributed by atoms with van der Waals surface area (Å²) in [4.78, 5) is 13.6. The highest BCUT2D eigenvalue weighted by Crippen LogP contribution is 2.08. The van der Waals surface area contributed by atoms with Gasteiger partial charge in [-0.15, -0.1) is 0 Å². The van der Waals surface area contributed by atoms with Crippen molar-refractivity contribution in [2.75, 3.05) is 20.6 Å². The van der Waals surface area contributed by atoms with E-state index >= 15 is 0 Å². The quantitative estimate of drug-likeness (QED) is 0.436. The van der Waals surface area contributed by atoms with Crippen LogP contribution in [0, 0.1) is 0 Å². The highest BCUT2D eigenvalue weighted by molar-refractivity contribution is 5.69. The number of nitrogens with zero attached hydrogens (tertiary/aromatic N) is 1. The molecule has 3 heteroatoms. The molecule has 0 aliphatic heterocycles. The highest BCUT2D eigenvalue weighted by Gasteiger charge is 2.08. The Balaban J connectivity index is 3.43. The zero-order valence-corrected chi connectivity index (χ0v) is 12.0. The van der Waals surface area contributed by atoms with Gasteiger partial charge < -0.3 is 9.64 Å². The van der Waals surface area contributed by atoms with Gasteiger partial charge in [0.25, 0.3) is 0 Å². The third kappa shape index (κ3) is 11.7. The van der Waals surface area contributed by atoms with E-state index in [1.807, 2.05) is 6.92 Å². The van der Waals surface area contributed by atoms with Crippen LogP contribution in [0.5, 0.6) is 0 Å². The summed E-state index contributed by atoms with van der Waals surface area (Å²) in [6.07, 6.45) is 7.16. The molecular formula is C14H29NO2. The molecule has 0 N–H and O–H groups in total. The average molecular weight is 243 g/mol. The fourth-order valence-electron chi connectivity index (χ4n) is 1.72. The van der Waals surface area contributed by atoms with E-state index < -0.39 is 0 Å². The summed E-state index contributed by atoms with van der Waals surface area (Å²) in [7, 11) is 4.16.